The quantitative estimate of drug-likeness (QED) is 0.825. The predicted molar refractivity (Wildman–Crippen MR) is 76.8 cm³/mol. The molecule has 2 saturated carbocycles. The predicted octanol–water partition coefficient (Wildman–Crippen LogP) is 3.03. The van der Waals surface area contributed by atoms with E-state index >= 15 is 0 Å². The Morgan fingerprint density at radius 1 is 1.06 bits per heavy atom. The van der Waals surface area contributed by atoms with Gasteiger partial charge in [-0.2, -0.15) is 0 Å². The van der Waals surface area contributed by atoms with Crippen LogP contribution < -0.4 is 5.32 Å². The first kappa shape index (κ1) is 12.9. The second-order valence-electron chi connectivity index (χ2n) is 6.96. The first-order valence-electron chi connectivity index (χ1n) is 8.28. The van der Waals surface area contributed by atoms with E-state index in [0.29, 0.717) is 0 Å². The SMILES string of the molecule is CCNCC1CCC1N1CCC2(CCCC2)CC1. The second kappa shape index (κ2) is 5.50. The minimum atomic E-state index is 0.789. The van der Waals surface area contributed by atoms with Crippen molar-refractivity contribution < 1.29 is 0 Å². The fourth-order valence-corrected chi connectivity index (χ4v) is 4.55. The van der Waals surface area contributed by atoms with Crippen LogP contribution in [0.4, 0.5) is 0 Å². The molecule has 1 heterocycles. The smallest absolute Gasteiger partial charge is 0.0136 e. The molecule has 0 bridgehead atoms. The summed E-state index contributed by atoms with van der Waals surface area (Å²) in [6.45, 7) is 7.40. The van der Waals surface area contributed by atoms with Crippen molar-refractivity contribution in [3.8, 4) is 0 Å². The highest BCUT2D eigenvalue weighted by molar-refractivity contribution is 4.96. The van der Waals surface area contributed by atoms with Gasteiger partial charge in [0.2, 0.25) is 0 Å². The zero-order chi connectivity index (χ0) is 12.4. The van der Waals surface area contributed by atoms with Crippen LogP contribution in [0.2, 0.25) is 0 Å². The summed E-state index contributed by atoms with van der Waals surface area (Å²) in [7, 11) is 0. The Balaban J connectivity index is 1.47. The van der Waals surface area contributed by atoms with Gasteiger partial charge in [0, 0.05) is 6.04 Å². The van der Waals surface area contributed by atoms with Crippen LogP contribution in [0.3, 0.4) is 0 Å². The Morgan fingerprint density at radius 3 is 2.33 bits per heavy atom. The molecule has 2 atom stereocenters. The summed E-state index contributed by atoms with van der Waals surface area (Å²) < 4.78 is 0. The lowest BCUT2D eigenvalue weighted by Gasteiger charge is -2.49. The Morgan fingerprint density at radius 2 is 1.78 bits per heavy atom. The standard InChI is InChI=1S/C16H30N2/c1-2-17-13-14-5-6-15(14)18-11-9-16(10-12-18)7-3-4-8-16/h14-15,17H,2-13H2,1H3. The van der Waals surface area contributed by atoms with E-state index in [1.165, 1.54) is 71.0 Å². The molecule has 18 heavy (non-hydrogen) atoms. The number of likely N-dealkylation sites (tertiary alicyclic amines) is 1. The molecule has 1 saturated heterocycles. The Kier molecular flexibility index (Phi) is 3.95. The van der Waals surface area contributed by atoms with Crippen LogP contribution in [0.25, 0.3) is 0 Å². The fourth-order valence-electron chi connectivity index (χ4n) is 4.55. The van der Waals surface area contributed by atoms with Crippen molar-refractivity contribution in [2.24, 2.45) is 11.3 Å². The van der Waals surface area contributed by atoms with E-state index in [2.05, 4.69) is 17.1 Å². The summed E-state index contributed by atoms with van der Waals surface area (Å²) in [6.07, 6.45) is 12.0. The van der Waals surface area contributed by atoms with Crippen molar-refractivity contribution in [3.05, 3.63) is 0 Å². The van der Waals surface area contributed by atoms with Crippen LogP contribution in [0.5, 0.6) is 0 Å². The largest absolute Gasteiger partial charge is 0.317 e. The van der Waals surface area contributed by atoms with Crippen molar-refractivity contribution in [1.82, 2.24) is 10.2 Å². The summed E-state index contributed by atoms with van der Waals surface area (Å²) in [5.41, 5.74) is 0.789. The molecule has 0 amide bonds. The van der Waals surface area contributed by atoms with Gasteiger partial charge in [-0.05, 0) is 76.0 Å². The third-order valence-electron chi connectivity index (χ3n) is 6.03. The zero-order valence-corrected chi connectivity index (χ0v) is 12.1. The second-order valence-corrected chi connectivity index (χ2v) is 6.96. The monoisotopic (exact) mass is 250 g/mol. The normalized spacial score (nSPS) is 35.8. The summed E-state index contributed by atoms with van der Waals surface area (Å²) >= 11 is 0. The molecule has 0 radical (unpaired) electrons. The van der Waals surface area contributed by atoms with Gasteiger partial charge < -0.3 is 10.2 Å². The van der Waals surface area contributed by atoms with E-state index in [0.717, 1.165) is 23.9 Å². The van der Waals surface area contributed by atoms with E-state index in [9.17, 15) is 0 Å². The van der Waals surface area contributed by atoms with Crippen molar-refractivity contribution in [1.29, 1.82) is 0 Å². The average molecular weight is 250 g/mol. The lowest BCUT2D eigenvalue weighted by molar-refractivity contribution is 0.00986. The molecule has 0 aromatic rings. The summed E-state index contributed by atoms with van der Waals surface area (Å²) in [5, 5.41) is 3.54. The van der Waals surface area contributed by atoms with E-state index in [1.54, 1.807) is 0 Å². The molecule has 2 unspecified atom stereocenters. The van der Waals surface area contributed by atoms with Crippen molar-refractivity contribution >= 4 is 0 Å². The molecule has 3 fully saturated rings. The Bertz CT molecular complexity index is 260. The Labute approximate surface area is 113 Å². The summed E-state index contributed by atoms with van der Waals surface area (Å²) in [5.74, 6) is 0.947. The molecule has 2 heteroatoms. The minimum Gasteiger partial charge on any atom is -0.317 e. The Hall–Kier alpha value is -0.0800. The lowest BCUT2D eigenvalue weighted by atomic mass is 9.73. The summed E-state index contributed by atoms with van der Waals surface area (Å²) in [6, 6.07) is 0.919. The molecule has 104 valence electrons. The number of nitrogens with one attached hydrogen (secondary N) is 1. The first-order valence-corrected chi connectivity index (χ1v) is 8.28. The van der Waals surface area contributed by atoms with Gasteiger partial charge in [0.1, 0.15) is 0 Å². The van der Waals surface area contributed by atoms with Gasteiger partial charge in [-0.15, -0.1) is 0 Å². The highest BCUT2D eigenvalue weighted by Gasteiger charge is 2.41. The molecule has 1 N–H and O–H groups in total. The highest BCUT2D eigenvalue weighted by Crippen LogP contribution is 2.47. The fraction of sp³-hybridized carbons (Fsp3) is 1.00. The molecule has 3 aliphatic rings. The van der Waals surface area contributed by atoms with Crippen LogP contribution in [0.15, 0.2) is 0 Å². The maximum absolute atomic E-state index is 3.54. The van der Waals surface area contributed by atoms with Crippen LogP contribution in [-0.4, -0.2) is 37.1 Å². The third-order valence-corrected chi connectivity index (χ3v) is 6.03. The van der Waals surface area contributed by atoms with E-state index in [4.69, 9.17) is 0 Å². The molecule has 1 spiro atoms. The maximum Gasteiger partial charge on any atom is 0.0136 e. The number of hydrogen-bond donors (Lipinski definition) is 1. The lowest BCUT2D eigenvalue weighted by Crippen LogP contribution is -2.54. The molecule has 2 aliphatic carbocycles. The van der Waals surface area contributed by atoms with Crippen LogP contribution in [-0.2, 0) is 0 Å². The molecule has 0 aromatic carbocycles. The van der Waals surface area contributed by atoms with Gasteiger partial charge in [0.15, 0.2) is 0 Å². The topological polar surface area (TPSA) is 15.3 Å². The molecule has 3 rings (SSSR count). The van der Waals surface area contributed by atoms with Crippen LogP contribution in [0, 0.1) is 11.3 Å². The van der Waals surface area contributed by atoms with Crippen molar-refractivity contribution in [3.63, 3.8) is 0 Å². The molecular weight excluding hydrogens is 220 g/mol. The molecular formula is C16H30N2. The minimum absolute atomic E-state index is 0.789. The maximum atomic E-state index is 3.54. The number of hydrogen-bond acceptors (Lipinski definition) is 2. The van der Waals surface area contributed by atoms with E-state index in [-0.39, 0.29) is 0 Å². The highest BCUT2D eigenvalue weighted by atomic mass is 15.2. The molecule has 2 nitrogen and oxygen atoms in total. The van der Waals surface area contributed by atoms with E-state index < -0.39 is 0 Å². The van der Waals surface area contributed by atoms with Gasteiger partial charge in [-0.25, -0.2) is 0 Å². The average Bonchev–Trinajstić information content (AvgIpc) is 2.80. The van der Waals surface area contributed by atoms with Crippen molar-refractivity contribution in [2.45, 2.75) is 64.3 Å². The van der Waals surface area contributed by atoms with Gasteiger partial charge in [-0.3, -0.25) is 0 Å². The van der Waals surface area contributed by atoms with Crippen LogP contribution in [0.1, 0.15) is 58.3 Å². The van der Waals surface area contributed by atoms with Gasteiger partial charge in [-0.1, -0.05) is 19.8 Å². The zero-order valence-electron chi connectivity index (χ0n) is 12.1. The molecule has 1 aliphatic heterocycles. The van der Waals surface area contributed by atoms with Gasteiger partial charge in [0.05, 0.1) is 0 Å². The van der Waals surface area contributed by atoms with Gasteiger partial charge in [0.25, 0.3) is 0 Å². The van der Waals surface area contributed by atoms with Crippen LogP contribution >= 0.6 is 0 Å². The summed E-state index contributed by atoms with van der Waals surface area (Å²) in [4.78, 5) is 2.83. The third kappa shape index (κ3) is 2.46. The first-order chi connectivity index (χ1) is 8.83. The number of rotatable bonds is 4. The van der Waals surface area contributed by atoms with Crippen molar-refractivity contribution in [2.75, 3.05) is 26.2 Å². The molecule has 0 aromatic heterocycles. The number of piperidine rings is 1. The van der Waals surface area contributed by atoms with E-state index in [1.807, 2.05) is 0 Å². The van der Waals surface area contributed by atoms with Gasteiger partial charge >= 0.3 is 0 Å². The number of nitrogens with zero attached hydrogens (tertiary/aromatic N) is 1.